The van der Waals surface area contributed by atoms with Gasteiger partial charge in [0.25, 0.3) is 5.56 Å². The highest BCUT2D eigenvalue weighted by Gasteiger charge is 2.27. The first-order valence-electron chi connectivity index (χ1n) is 7.60. The van der Waals surface area contributed by atoms with Crippen molar-refractivity contribution in [2.75, 3.05) is 26.3 Å². The highest BCUT2D eigenvalue weighted by molar-refractivity contribution is 8.00. The zero-order chi connectivity index (χ0) is 16.1. The van der Waals surface area contributed by atoms with Crippen molar-refractivity contribution < 1.29 is 9.53 Å². The Kier molecular flexibility index (Phi) is 6.02. The lowest BCUT2D eigenvalue weighted by atomic mass is 10.2. The highest BCUT2D eigenvalue weighted by atomic mass is 32.2. The molecule has 7 heteroatoms. The largest absolute Gasteiger partial charge is 0.378 e. The van der Waals surface area contributed by atoms with Crippen LogP contribution >= 0.6 is 11.8 Å². The van der Waals surface area contributed by atoms with Gasteiger partial charge in [0.2, 0.25) is 5.91 Å². The number of hydrogen-bond donors (Lipinski definition) is 0. The maximum absolute atomic E-state index is 12.7. The molecule has 1 aromatic heterocycles. The van der Waals surface area contributed by atoms with Gasteiger partial charge in [-0.05, 0) is 13.3 Å². The molecule has 0 bridgehead atoms. The van der Waals surface area contributed by atoms with E-state index in [1.54, 1.807) is 14.0 Å². The van der Waals surface area contributed by atoms with Gasteiger partial charge < -0.3 is 9.64 Å². The fourth-order valence-electron chi connectivity index (χ4n) is 2.34. The van der Waals surface area contributed by atoms with E-state index in [1.165, 1.54) is 22.4 Å². The van der Waals surface area contributed by atoms with Gasteiger partial charge in [0.1, 0.15) is 0 Å². The van der Waals surface area contributed by atoms with Gasteiger partial charge in [-0.3, -0.25) is 14.2 Å². The lowest BCUT2D eigenvalue weighted by molar-refractivity contribution is -0.134. The summed E-state index contributed by atoms with van der Waals surface area (Å²) in [6, 6.07) is 1.50. The Bertz CT molecular complexity index is 582. The van der Waals surface area contributed by atoms with Crippen molar-refractivity contribution >= 4 is 17.7 Å². The van der Waals surface area contributed by atoms with Crippen molar-refractivity contribution in [3.05, 3.63) is 22.1 Å². The van der Waals surface area contributed by atoms with E-state index in [4.69, 9.17) is 4.74 Å². The SMILES string of the molecule is CCCC(Sc1nc(C)cc(=O)n1C)C(=O)N1CCOCC1. The summed E-state index contributed by atoms with van der Waals surface area (Å²) in [7, 11) is 1.69. The molecule has 0 N–H and O–H groups in total. The Hall–Kier alpha value is -1.34. The van der Waals surface area contributed by atoms with E-state index < -0.39 is 0 Å². The van der Waals surface area contributed by atoms with Crippen LogP contribution < -0.4 is 5.56 Å². The summed E-state index contributed by atoms with van der Waals surface area (Å²) in [6.07, 6.45) is 1.68. The van der Waals surface area contributed by atoms with Crippen LogP contribution in [0.3, 0.4) is 0 Å². The van der Waals surface area contributed by atoms with Crippen molar-refractivity contribution in [1.82, 2.24) is 14.5 Å². The average molecular weight is 325 g/mol. The Balaban J connectivity index is 2.18. The second-order valence-corrected chi connectivity index (χ2v) is 6.58. The number of thioether (sulfide) groups is 1. The summed E-state index contributed by atoms with van der Waals surface area (Å²) in [4.78, 5) is 30.8. The highest BCUT2D eigenvalue weighted by Crippen LogP contribution is 2.26. The molecule has 1 aromatic rings. The van der Waals surface area contributed by atoms with Gasteiger partial charge in [0.05, 0.1) is 18.5 Å². The van der Waals surface area contributed by atoms with Crippen LogP contribution in [0.2, 0.25) is 0 Å². The van der Waals surface area contributed by atoms with Crippen LogP contribution in [-0.4, -0.2) is 51.9 Å². The minimum Gasteiger partial charge on any atom is -0.378 e. The fraction of sp³-hybridized carbons (Fsp3) is 0.667. The molecule has 0 saturated carbocycles. The molecule has 0 spiro atoms. The molecule has 0 radical (unpaired) electrons. The number of aromatic nitrogens is 2. The summed E-state index contributed by atoms with van der Waals surface area (Å²) in [5.74, 6) is 0.117. The third-order valence-electron chi connectivity index (χ3n) is 3.62. The van der Waals surface area contributed by atoms with Gasteiger partial charge in [-0.2, -0.15) is 0 Å². The summed E-state index contributed by atoms with van der Waals surface area (Å²) in [5.41, 5.74) is 0.587. The summed E-state index contributed by atoms with van der Waals surface area (Å²) in [5, 5.41) is 0.396. The number of amides is 1. The molecule has 22 heavy (non-hydrogen) atoms. The quantitative estimate of drug-likeness (QED) is 0.601. The molecule has 1 atom stereocenters. The minimum absolute atomic E-state index is 0.0935. The van der Waals surface area contributed by atoms with Crippen molar-refractivity contribution in [3.63, 3.8) is 0 Å². The number of hydrogen-bond acceptors (Lipinski definition) is 5. The van der Waals surface area contributed by atoms with Crippen molar-refractivity contribution in [2.24, 2.45) is 7.05 Å². The Morgan fingerprint density at radius 1 is 1.45 bits per heavy atom. The molecule has 1 aliphatic rings. The third kappa shape index (κ3) is 4.10. The summed E-state index contributed by atoms with van der Waals surface area (Å²) < 4.78 is 6.81. The monoisotopic (exact) mass is 325 g/mol. The lowest BCUT2D eigenvalue weighted by Crippen LogP contribution is -2.45. The van der Waals surface area contributed by atoms with Crippen LogP contribution in [0.5, 0.6) is 0 Å². The molecule has 2 rings (SSSR count). The average Bonchev–Trinajstić information content (AvgIpc) is 2.51. The number of carbonyl (C=O) groups is 1. The predicted octanol–water partition coefficient (Wildman–Crippen LogP) is 1.21. The van der Waals surface area contributed by atoms with Gasteiger partial charge in [0, 0.05) is 31.9 Å². The van der Waals surface area contributed by atoms with Crippen LogP contribution in [0.1, 0.15) is 25.5 Å². The Morgan fingerprint density at radius 3 is 2.77 bits per heavy atom. The van der Waals surface area contributed by atoms with E-state index in [1.807, 2.05) is 4.90 Å². The zero-order valence-electron chi connectivity index (χ0n) is 13.4. The van der Waals surface area contributed by atoms with E-state index in [2.05, 4.69) is 11.9 Å². The fourth-order valence-corrected chi connectivity index (χ4v) is 3.65. The third-order valence-corrected chi connectivity index (χ3v) is 4.92. The molecule has 2 heterocycles. The number of aryl methyl sites for hydroxylation is 1. The minimum atomic E-state index is -0.206. The normalized spacial score (nSPS) is 16.6. The standard InChI is InChI=1S/C15H23N3O3S/c1-4-5-12(14(20)18-6-8-21-9-7-18)22-15-16-11(2)10-13(19)17(15)3/h10,12H,4-9H2,1-3H3. The smallest absolute Gasteiger partial charge is 0.254 e. The first-order chi connectivity index (χ1) is 10.5. The van der Waals surface area contributed by atoms with Crippen LogP contribution in [0.4, 0.5) is 0 Å². The van der Waals surface area contributed by atoms with Gasteiger partial charge in [-0.15, -0.1) is 0 Å². The molecule has 1 aliphatic heterocycles. The molecular formula is C15H23N3O3S. The first kappa shape index (κ1) is 17.0. The van der Waals surface area contributed by atoms with Gasteiger partial charge in [-0.25, -0.2) is 4.98 Å². The van der Waals surface area contributed by atoms with Crippen molar-refractivity contribution in [2.45, 2.75) is 37.1 Å². The Labute approximate surface area is 134 Å². The molecule has 6 nitrogen and oxygen atoms in total. The number of ether oxygens (including phenoxy) is 1. The van der Waals surface area contributed by atoms with Gasteiger partial charge in [0.15, 0.2) is 5.16 Å². The molecular weight excluding hydrogens is 302 g/mol. The number of rotatable bonds is 5. The molecule has 0 aromatic carbocycles. The number of nitrogens with zero attached hydrogens (tertiary/aromatic N) is 3. The molecule has 1 unspecified atom stereocenters. The van der Waals surface area contributed by atoms with E-state index in [0.29, 0.717) is 37.2 Å². The van der Waals surface area contributed by atoms with Crippen LogP contribution in [0, 0.1) is 6.92 Å². The summed E-state index contributed by atoms with van der Waals surface area (Å²) in [6.45, 7) is 6.32. The zero-order valence-corrected chi connectivity index (χ0v) is 14.2. The molecule has 1 saturated heterocycles. The van der Waals surface area contributed by atoms with Crippen molar-refractivity contribution in [1.29, 1.82) is 0 Å². The van der Waals surface area contributed by atoms with Crippen molar-refractivity contribution in [3.8, 4) is 0 Å². The maximum atomic E-state index is 12.7. The van der Waals surface area contributed by atoms with Crippen LogP contribution in [0.25, 0.3) is 0 Å². The Morgan fingerprint density at radius 2 is 2.14 bits per heavy atom. The van der Waals surface area contributed by atoms with E-state index in [-0.39, 0.29) is 16.7 Å². The molecule has 1 amide bonds. The number of carbonyl (C=O) groups excluding carboxylic acids is 1. The van der Waals surface area contributed by atoms with Crippen LogP contribution in [0.15, 0.2) is 16.0 Å². The number of morpholine rings is 1. The molecule has 1 fully saturated rings. The lowest BCUT2D eigenvalue weighted by Gasteiger charge is -2.30. The topological polar surface area (TPSA) is 64.4 Å². The molecule has 122 valence electrons. The van der Waals surface area contributed by atoms with E-state index in [0.717, 1.165) is 12.8 Å². The van der Waals surface area contributed by atoms with Gasteiger partial charge >= 0.3 is 0 Å². The van der Waals surface area contributed by atoms with Crippen LogP contribution in [-0.2, 0) is 16.6 Å². The second-order valence-electron chi connectivity index (χ2n) is 5.41. The second kappa shape index (κ2) is 7.78. The maximum Gasteiger partial charge on any atom is 0.254 e. The predicted molar refractivity (Wildman–Crippen MR) is 86.2 cm³/mol. The summed E-state index contributed by atoms with van der Waals surface area (Å²) >= 11 is 1.39. The molecule has 0 aliphatic carbocycles. The van der Waals surface area contributed by atoms with E-state index in [9.17, 15) is 9.59 Å². The first-order valence-corrected chi connectivity index (χ1v) is 8.48. The van der Waals surface area contributed by atoms with E-state index >= 15 is 0 Å². The van der Waals surface area contributed by atoms with Gasteiger partial charge in [-0.1, -0.05) is 25.1 Å².